The minimum absolute atomic E-state index is 0.0429. The van der Waals surface area contributed by atoms with Crippen molar-refractivity contribution in [3.63, 3.8) is 0 Å². The fourth-order valence-electron chi connectivity index (χ4n) is 3.56. The zero-order valence-corrected chi connectivity index (χ0v) is 21.2. The van der Waals surface area contributed by atoms with Crippen molar-refractivity contribution in [2.45, 2.75) is 13.0 Å². The maximum atomic E-state index is 13.4. The lowest BCUT2D eigenvalue weighted by atomic mass is 10.2. The maximum Gasteiger partial charge on any atom is 0.244 e. The summed E-state index contributed by atoms with van der Waals surface area (Å²) in [6.07, 6.45) is 4.12. The lowest BCUT2D eigenvalue weighted by Crippen LogP contribution is -2.26. The smallest absolute Gasteiger partial charge is 0.244 e. The molecule has 1 aromatic heterocycles. The van der Waals surface area contributed by atoms with Crippen molar-refractivity contribution in [1.29, 1.82) is 0 Å². The number of anilines is 3. The van der Waals surface area contributed by atoms with Crippen molar-refractivity contribution in [1.82, 2.24) is 15.3 Å². The summed E-state index contributed by atoms with van der Waals surface area (Å²) in [6.45, 7) is 0.277. The van der Waals surface area contributed by atoms with Gasteiger partial charge in [-0.05, 0) is 60.2 Å². The number of hydrogen-bond donors (Lipinski definition) is 3. The van der Waals surface area contributed by atoms with Crippen LogP contribution < -0.4 is 20.7 Å². The molecule has 0 aliphatic carbocycles. The summed E-state index contributed by atoms with van der Waals surface area (Å²) in [6, 6.07) is 16.5. The molecule has 0 aliphatic rings. The summed E-state index contributed by atoms with van der Waals surface area (Å²) in [5.41, 5.74) is 2.50. The van der Waals surface area contributed by atoms with E-state index in [1.54, 1.807) is 48.5 Å². The van der Waals surface area contributed by atoms with Crippen molar-refractivity contribution in [3.05, 3.63) is 95.5 Å². The molecule has 39 heavy (non-hydrogen) atoms. The normalized spacial score (nSPS) is 10.8. The first-order valence-electron chi connectivity index (χ1n) is 11.8. The summed E-state index contributed by atoms with van der Waals surface area (Å²) in [5, 5.41) is 9.52. The first kappa shape index (κ1) is 27.2. The van der Waals surface area contributed by atoms with Crippen molar-refractivity contribution < 1.29 is 23.5 Å². The molecule has 1 heterocycles. The monoisotopic (exact) mass is 547 g/mol. The molecular weight excluding hydrogens is 525 g/mol. The highest BCUT2D eigenvalue weighted by Gasteiger charge is 2.10. The molecule has 11 heteroatoms. The number of benzene rings is 3. The number of fused-ring (bicyclic) bond motifs is 1. The van der Waals surface area contributed by atoms with Crippen LogP contribution in [0.2, 0.25) is 5.02 Å². The summed E-state index contributed by atoms with van der Waals surface area (Å²) < 4.78 is 19.1. The van der Waals surface area contributed by atoms with Crippen molar-refractivity contribution >= 4 is 57.8 Å². The molecule has 0 spiro atoms. The van der Waals surface area contributed by atoms with E-state index in [0.29, 0.717) is 50.7 Å². The molecule has 0 atom stereocenters. The molecule has 0 unspecified atom stereocenters. The van der Waals surface area contributed by atoms with Gasteiger partial charge in [0.2, 0.25) is 11.8 Å². The fraction of sp³-hybridized carbons (Fsp3) is 0.107. The average Bonchev–Trinajstić information content (AvgIpc) is 2.92. The molecule has 3 aromatic carbocycles. The Bertz CT molecular complexity index is 1550. The predicted molar refractivity (Wildman–Crippen MR) is 146 cm³/mol. The number of allylic oxidation sites excluding steroid dienone is 1. The summed E-state index contributed by atoms with van der Waals surface area (Å²) in [5.74, 6) is -0.161. The van der Waals surface area contributed by atoms with E-state index in [1.165, 1.54) is 18.5 Å². The van der Waals surface area contributed by atoms with E-state index in [0.717, 1.165) is 12.2 Å². The van der Waals surface area contributed by atoms with Crippen LogP contribution in [0.3, 0.4) is 0 Å². The average molecular weight is 548 g/mol. The predicted octanol–water partition coefficient (Wildman–Crippen LogP) is 4.94. The molecule has 4 rings (SSSR count). The Morgan fingerprint density at radius 3 is 2.67 bits per heavy atom. The molecule has 0 aliphatic heterocycles. The van der Waals surface area contributed by atoms with Gasteiger partial charge in [-0.3, -0.25) is 14.4 Å². The Balaban J connectivity index is 1.41. The van der Waals surface area contributed by atoms with E-state index >= 15 is 0 Å². The second kappa shape index (κ2) is 13.1. The maximum absolute atomic E-state index is 13.4. The number of nitrogens with one attached hydrogen (secondary N) is 3. The van der Waals surface area contributed by atoms with Crippen LogP contribution in [0.15, 0.2) is 79.1 Å². The number of ether oxygens (including phenoxy) is 1. The van der Waals surface area contributed by atoms with Crippen LogP contribution in [0, 0.1) is 5.82 Å². The Labute approximate surface area is 228 Å². The van der Waals surface area contributed by atoms with Crippen molar-refractivity contribution in [2.24, 2.45) is 0 Å². The molecule has 4 aromatic rings. The lowest BCUT2D eigenvalue weighted by Gasteiger charge is -2.13. The topological polar surface area (TPSA) is 122 Å². The molecule has 0 radical (unpaired) electrons. The molecule has 0 saturated heterocycles. The highest BCUT2D eigenvalue weighted by atomic mass is 35.5. The van der Waals surface area contributed by atoms with E-state index in [2.05, 4.69) is 25.9 Å². The van der Waals surface area contributed by atoms with Gasteiger partial charge in [-0.25, -0.2) is 14.4 Å². The molecular formula is C28H23ClFN5O4. The van der Waals surface area contributed by atoms with Crippen molar-refractivity contribution in [2.75, 3.05) is 17.2 Å². The minimum atomic E-state index is -0.459. The standard InChI is InChI=1S/C28H23ClFN5O4/c29-23-15-21(7-9-25(23)39-16-18-3-1-4-19(30)13-18)35-28-22-14-20(6-8-24(22)32-17-33-28)34-27(38)10-11-31-26(37)5-2-12-36/h1-9,12-15,17H,10-11,16H2,(H,31,37)(H,34,38)(H,32,33,35). The third kappa shape index (κ3) is 7.83. The Morgan fingerprint density at radius 1 is 1.03 bits per heavy atom. The molecule has 2 amide bonds. The summed E-state index contributed by atoms with van der Waals surface area (Å²) >= 11 is 6.42. The fourth-order valence-corrected chi connectivity index (χ4v) is 3.80. The first-order valence-corrected chi connectivity index (χ1v) is 12.2. The van der Waals surface area contributed by atoms with E-state index in [4.69, 9.17) is 16.3 Å². The molecule has 198 valence electrons. The van der Waals surface area contributed by atoms with E-state index in [1.807, 2.05) is 0 Å². The Hall–Kier alpha value is -4.83. The quantitative estimate of drug-likeness (QED) is 0.179. The number of aldehydes is 1. The summed E-state index contributed by atoms with van der Waals surface area (Å²) in [7, 11) is 0. The van der Waals surface area contributed by atoms with Gasteiger partial charge in [0.15, 0.2) is 0 Å². The third-order valence-electron chi connectivity index (χ3n) is 5.37. The zero-order chi connectivity index (χ0) is 27.6. The van der Waals surface area contributed by atoms with E-state index in [-0.39, 0.29) is 31.3 Å². The second-order valence-corrected chi connectivity index (χ2v) is 8.63. The van der Waals surface area contributed by atoms with Gasteiger partial charge in [-0.2, -0.15) is 0 Å². The van der Waals surface area contributed by atoms with Gasteiger partial charge in [0.1, 0.15) is 36.6 Å². The van der Waals surface area contributed by atoms with Gasteiger partial charge in [0, 0.05) is 35.8 Å². The SMILES string of the molecule is O=CC=CC(=O)NCCC(=O)Nc1ccc2ncnc(Nc3ccc(OCc4cccc(F)c4)c(Cl)c3)c2c1. The van der Waals surface area contributed by atoms with Crippen LogP contribution in [0.4, 0.5) is 21.6 Å². The number of halogens is 2. The zero-order valence-electron chi connectivity index (χ0n) is 20.5. The molecule has 3 N–H and O–H groups in total. The van der Waals surface area contributed by atoms with Crippen LogP contribution in [0.5, 0.6) is 5.75 Å². The van der Waals surface area contributed by atoms with Gasteiger partial charge in [0.05, 0.1) is 10.5 Å². The number of carbonyl (C=O) groups excluding carboxylic acids is 3. The van der Waals surface area contributed by atoms with Crippen LogP contribution >= 0.6 is 11.6 Å². The second-order valence-electron chi connectivity index (χ2n) is 8.23. The highest BCUT2D eigenvalue weighted by molar-refractivity contribution is 6.32. The van der Waals surface area contributed by atoms with Gasteiger partial charge >= 0.3 is 0 Å². The highest BCUT2D eigenvalue weighted by Crippen LogP contribution is 2.31. The van der Waals surface area contributed by atoms with E-state index < -0.39 is 5.91 Å². The van der Waals surface area contributed by atoms with Gasteiger partial charge in [-0.1, -0.05) is 23.7 Å². The number of carbonyl (C=O) groups is 3. The van der Waals surface area contributed by atoms with Crippen LogP contribution in [-0.2, 0) is 21.0 Å². The summed E-state index contributed by atoms with van der Waals surface area (Å²) in [4.78, 5) is 42.7. The number of amides is 2. The van der Waals surface area contributed by atoms with Crippen LogP contribution in [0.25, 0.3) is 10.9 Å². The number of nitrogens with zero attached hydrogens (tertiary/aromatic N) is 2. The van der Waals surface area contributed by atoms with Crippen LogP contribution in [-0.4, -0.2) is 34.6 Å². The van der Waals surface area contributed by atoms with Crippen molar-refractivity contribution in [3.8, 4) is 5.75 Å². The lowest BCUT2D eigenvalue weighted by molar-refractivity contribution is -0.117. The molecule has 0 fully saturated rings. The molecule has 0 saturated carbocycles. The third-order valence-corrected chi connectivity index (χ3v) is 5.67. The number of hydrogen-bond acceptors (Lipinski definition) is 7. The number of aromatic nitrogens is 2. The minimum Gasteiger partial charge on any atom is -0.487 e. The molecule has 9 nitrogen and oxygen atoms in total. The van der Waals surface area contributed by atoms with Gasteiger partial charge in [-0.15, -0.1) is 0 Å². The van der Waals surface area contributed by atoms with Gasteiger partial charge < -0.3 is 20.7 Å². The molecule has 0 bridgehead atoms. The van der Waals surface area contributed by atoms with Gasteiger partial charge in [0.25, 0.3) is 0 Å². The number of rotatable bonds is 11. The van der Waals surface area contributed by atoms with Crippen LogP contribution in [0.1, 0.15) is 12.0 Å². The first-order chi connectivity index (χ1) is 18.9. The Kier molecular flexibility index (Phi) is 9.15. The van der Waals surface area contributed by atoms with E-state index in [9.17, 15) is 18.8 Å². The Morgan fingerprint density at radius 2 is 1.87 bits per heavy atom. The largest absolute Gasteiger partial charge is 0.487 e.